The lowest BCUT2D eigenvalue weighted by Gasteiger charge is -2.30. The van der Waals surface area contributed by atoms with E-state index in [-0.39, 0.29) is 19.1 Å². The molecule has 1 fully saturated rings. The summed E-state index contributed by atoms with van der Waals surface area (Å²) in [5, 5.41) is 16.1. The van der Waals surface area contributed by atoms with Crippen molar-refractivity contribution in [2.24, 2.45) is 5.92 Å². The third kappa shape index (κ3) is 2.92. The number of carboxylic acid groups (broad SMARTS) is 1. The van der Waals surface area contributed by atoms with Crippen LogP contribution in [0.1, 0.15) is 35.1 Å². The Morgan fingerprint density at radius 1 is 1.43 bits per heavy atom. The van der Waals surface area contributed by atoms with Gasteiger partial charge in [0.1, 0.15) is 5.92 Å². The van der Waals surface area contributed by atoms with Crippen molar-refractivity contribution in [2.75, 3.05) is 19.8 Å². The van der Waals surface area contributed by atoms with Gasteiger partial charge in [0.05, 0.1) is 30.5 Å². The molecule has 1 aliphatic heterocycles. The molecule has 0 saturated carbocycles. The monoisotopic (exact) mass is 295 g/mol. The van der Waals surface area contributed by atoms with Gasteiger partial charge in [0.2, 0.25) is 0 Å². The van der Waals surface area contributed by atoms with Gasteiger partial charge in [-0.15, -0.1) is 0 Å². The van der Waals surface area contributed by atoms with E-state index in [1.807, 2.05) is 6.92 Å². The maximum Gasteiger partial charge on any atom is 0.311 e. The molecule has 2 N–H and O–H groups in total. The Balaban J connectivity index is 2.30. The number of hydrogen-bond acceptors (Lipinski definition) is 4. The molecule has 0 bridgehead atoms. The van der Waals surface area contributed by atoms with Crippen LogP contribution in [-0.2, 0) is 9.53 Å². The van der Waals surface area contributed by atoms with Crippen molar-refractivity contribution in [3.63, 3.8) is 0 Å². The molecule has 2 rings (SSSR count). The number of aryl methyl sites for hydroxylation is 2. The minimum atomic E-state index is -0.924. The number of amides is 1. The van der Waals surface area contributed by atoms with Crippen LogP contribution in [0, 0.1) is 19.8 Å². The van der Waals surface area contributed by atoms with Crippen molar-refractivity contribution in [3.05, 3.63) is 17.0 Å². The molecule has 0 aliphatic carbocycles. The van der Waals surface area contributed by atoms with Crippen LogP contribution in [-0.4, -0.2) is 57.9 Å². The van der Waals surface area contributed by atoms with E-state index in [0.717, 1.165) is 6.42 Å². The van der Waals surface area contributed by atoms with Gasteiger partial charge < -0.3 is 14.7 Å². The highest BCUT2D eigenvalue weighted by atomic mass is 16.5. The molecular formula is C14H21N3O4. The first kappa shape index (κ1) is 15.5. The first-order valence-corrected chi connectivity index (χ1v) is 7.10. The second-order valence-corrected chi connectivity index (χ2v) is 5.36. The van der Waals surface area contributed by atoms with Gasteiger partial charge in [-0.3, -0.25) is 14.7 Å². The fourth-order valence-electron chi connectivity index (χ4n) is 2.75. The summed E-state index contributed by atoms with van der Waals surface area (Å²) in [6.45, 7) is 6.43. The van der Waals surface area contributed by atoms with Gasteiger partial charge in [0, 0.05) is 12.2 Å². The van der Waals surface area contributed by atoms with E-state index in [2.05, 4.69) is 10.2 Å². The highest BCUT2D eigenvalue weighted by molar-refractivity contribution is 5.96. The maximum absolute atomic E-state index is 12.8. The van der Waals surface area contributed by atoms with Gasteiger partial charge in [-0.1, -0.05) is 6.92 Å². The molecule has 1 aromatic heterocycles. The first-order valence-electron chi connectivity index (χ1n) is 7.10. The number of H-pyrrole nitrogens is 1. The number of nitrogens with zero attached hydrogens (tertiary/aromatic N) is 2. The number of nitrogens with one attached hydrogen (secondary N) is 1. The number of aliphatic carboxylic acids is 1. The van der Waals surface area contributed by atoms with Crippen LogP contribution in [0.5, 0.6) is 0 Å². The third-order valence-corrected chi connectivity index (χ3v) is 3.84. The summed E-state index contributed by atoms with van der Waals surface area (Å²) in [5.74, 6) is -1.78. The van der Waals surface area contributed by atoms with Crippen molar-refractivity contribution in [2.45, 2.75) is 33.2 Å². The molecule has 1 saturated heterocycles. The molecule has 1 aliphatic rings. The quantitative estimate of drug-likeness (QED) is 0.844. The zero-order valence-corrected chi connectivity index (χ0v) is 12.5. The number of carbonyl (C=O) groups is 2. The molecule has 2 atom stereocenters. The lowest BCUT2D eigenvalue weighted by atomic mass is 10.0. The lowest BCUT2D eigenvalue weighted by Crippen LogP contribution is -2.47. The molecule has 0 spiro atoms. The van der Waals surface area contributed by atoms with Crippen molar-refractivity contribution in [1.29, 1.82) is 0 Å². The van der Waals surface area contributed by atoms with Crippen LogP contribution in [0.2, 0.25) is 0 Å². The number of carboxylic acids is 1. The zero-order valence-electron chi connectivity index (χ0n) is 12.5. The second kappa shape index (κ2) is 6.26. The number of aromatic nitrogens is 2. The Morgan fingerprint density at radius 3 is 2.67 bits per heavy atom. The summed E-state index contributed by atoms with van der Waals surface area (Å²) in [6.07, 6.45) is 0.754. The van der Waals surface area contributed by atoms with Crippen LogP contribution in [0.4, 0.5) is 0 Å². The number of aromatic amines is 1. The predicted octanol–water partition coefficient (Wildman–Crippen LogP) is 0.978. The Bertz CT molecular complexity index is 521. The Hall–Kier alpha value is -1.89. The van der Waals surface area contributed by atoms with Crippen molar-refractivity contribution < 1.29 is 19.4 Å². The van der Waals surface area contributed by atoms with E-state index >= 15 is 0 Å². The summed E-state index contributed by atoms with van der Waals surface area (Å²) in [5.41, 5.74) is 1.85. The van der Waals surface area contributed by atoms with Crippen LogP contribution >= 0.6 is 0 Å². The molecule has 7 nitrogen and oxygen atoms in total. The third-order valence-electron chi connectivity index (χ3n) is 3.84. The zero-order chi connectivity index (χ0) is 15.6. The number of ether oxygens (including phenoxy) is 1. The molecule has 2 heterocycles. The van der Waals surface area contributed by atoms with Crippen LogP contribution in [0.3, 0.4) is 0 Å². The Morgan fingerprint density at radius 2 is 2.14 bits per heavy atom. The molecule has 0 aromatic carbocycles. The Kier molecular flexibility index (Phi) is 4.62. The summed E-state index contributed by atoms with van der Waals surface area (Å²) in [6, 6.07) is -0.427. The fraction of sp³-hybridized carbons (Fsp3) is 0.643. The minimum absolute atomic E-state index is 0.150. The summed E-state index contributed by atoms with van der Waals surface area (Å²) < 4.78 is 5.29. The number of hydrogen-bond donors (Lipinski definition) is 2. The molecular weight excluding hydrogens is 274 g/mol. The highest BCUT2D eigenvalue weighted by Gasteiger charge is 2.40. The first-order chi connectivity index (χ1) is 9.97. The Labute approximate surface area is 123 Å². The summed E-state index contributed by atoms with van der Waals surface area (Å²) in [7, 11) is 0. The van der Waals surface area contributed by atoms with E-state index in [9.17, 15) is 14.7 Å². The van der Waals surface area contributed by atoms with E-state index in [4.69, 9.17) is 4.74 Å². The van der Waals surface area contributed by atoms with Gasteiger partial charge in [0.15, 0.2) is 0 Å². The van der Waals surface area contributed by atoms with Gasteiger partial charge in [-0.25, -0.2) is 0 Å². The van der Waals surface area contributed by atoms with E-state index < -0.39 is 17.9 Å². The average molecular weight is 295 g/mol. The number of carbonyl (C=O) groups excluding carboxylic acids is 1. The standard InChI is InChI=1S/C14H21N3O4/c1-4-5-17(11-7-21-6-10(11)14(19)20)13(18)12-8(2)15-16-9(12)3/h10-11H,4-7H2,1-3H3,(H,15,16)(H,19,20). The van der Waals surface area contributed by atoms with E-state index in [1.165, 1.54) is 0 Å². The number of rotatable bonds is 5. The second-order valence-electron chi connectivity index (χ2n) is 5.36. The predicted molar refractivity (Wildman–Crippen MR) is 75.1 cm³/mol. The summed E-state index contributed by atoms with van der Waals surface area (Å²) >= 11 is 0. The van der Waals surface area contributed by atoms with Crippen LogP contribution in [0.15, 0.2) is 0 Å². The van der Waals surface area contributed by atoms with Gasteiger partial charge in [-0.05, 0) is 20.3 Å². The highest BCUT2D eigenvalue weighted by Crippen LogP contribution is 2.24. The van der Waals surface area contributed by atoms with Crippen molar-refractivity contribution in [1.82, 2.24) is 15.1 Å². The maximum atomic E-state index is 12.8. The molecule has 1 aromatic rings. The van der Waals surface area contributed by atoms with Crippen molar-refractivity contribution >= 4 is 11.9 Å². The fourth-order valence-corrected chi connectivity index (χ4v) is 2.75. The summed E-state index contributed by atoms with van der Waals surface area (Å²) in [4.78, 5) is 25.8. The molecule has 0 radical (unpaired) electrons. The van der Waals surface area contributed by atoms with Crippen LogP contribution in [0.25, 0.3) is 0 Å². The van der Waals surface area contributed by atoms with Crippen LogP contribution < -0.4 is 0 Å². The molecule has 1 amide bonds. The minimum Gasteiger partial charge on any atom is -0.481 e. The average Bonchev–Trinajstić information content (AvgIpc) is 3.02. The van der Waals surface area contributed by atoms with Gasteiger partial charge in [-0.2, -0.15) is 5.10 Å². The van der Waals surface area contributed by atoms with E-state index in [0.29, 0.717) is 23.5 Å². The van der Waals surface area contributed by atoms with Crippen molar-refractivity contribution in [3.8, 4) is 0 Å². The normalized spacial score (nSPS) is 21.5. The molecule has 2 unspecified atom stereocenters. The molecule has 21 heavy (non-hydrogen) atoms. The lowest BCUT2D eigenvalue weighted by molar-refractivity contribution is -0.142. The van der Waals surface area contributed by atoms with Gasteiger partial charge >= 0.3 is 5.97 Å². The topological polar surface area (TPSA) is 95.5 Å². The van der Waals surface area contributed by atoms with Gasteiger partial charge in [0.25, 0.3) is 5.91 Å². The van der Waals surface area contributed by atoms with E-state index in [1.54, 1.807) is 18.7 Å². The smallest absolute Gasteiger partial charge is 0.311 e. The SMILES string of the molecule is CCCN(C(=O)c1c(C)n[nH]c1C)C1COCC1C(=O)O. The molecule has 7 heteroatoms. The molecule has 116 valence electrons. The largest absolute Gasteiger partial charge is 0.481 e.